The zero-order chi connectivity index (χ0) is 7.56. The van der Waals surface area contributed by atoms with Crippen LogP contribution in [0.15, 0.2) is 10.1 Å². The van der Waals surface area contributed by atoms with E-state index in [1.165, 1.54) is 0 Å². The Morgan fingerprint density at radius 2 is 1.70 bits per heavy atom. The molecule has 0 bridgehead atoms. The lowest BCUT2D eigenvalue weighted by molar-refractivity contribution is -0.115. The van der Waals surface area contributed by atoms with Crippen LogP contribution in [0.1, 0.15) is 25.7 Å². The molecule has 3 heteroatoms. The van der Waals surface area contributed by atoms with Gasteiger partial charge in [-0.2, -0.15) is 0 Å². The molecule has 0 N–H and O–H groups in total. The van der Waals surface area contributed by atoms with Gasteiger partial charge >= 0.3 is 0 Å². The quantitative estimate of drug-likeness (QED) is 0.558. The van der Waals surface area contributed by atoms with Crippen LogP contribution in [0.4, 0.5) is 0 Å². The minimum atomic E-state index is -0.0100. The third-order valence-corrected chi connectivity index (χ3v) is 2.45. The molecule has 0 aliphatic heterocycles. The highest BCUT2D eigenvalue weighted by atomic mass is 35.5. The lowest BCUT2D eigenvalue weighted by Gasteiger charge is -1.93. The van der Waals surface area contributed by atoms with Gasteiger partial charge in [-0.3, -0.25) is 4.79 Å². The molecule has 0 radical (unpaired) electrons. The first-order valence-corrected chi connectivity index (χ1v) is 4.05. The molecule has 0 aromatic rings. The summed E-state index contributed by atoms with van der Waals surface area (Å²) in [6.07, 6.45) is 3.19. The number of Topliss-reactive ketones (excluding diaryl/α,β-unsaturated/α-hetero) is 1. The van der Waals surface area contributed by atoms with Crippen molar-refractivity contribution in [3.8, 4) is 0 Å². The Balaban J connectivity index is 2.79. The van der Waals surface area contributed by atoms with Crippen LogP contribution in [-0.2, 0) is 4.79 Å². The van der Waals surface area contributed by atoms with E-state index < -0.39 is 0 Å². The molecular weight excluding hydrogens is 171 g/mol. The Hall–Kier alpha value is -0.0100. The molecule has 0 spiro atoms. The average Bonchev–Trinajstić information content (AvgIpc) is 2.04. The van der Waals surface area contributed by atoms with Crippen LogP contribution < -0.4 is 0 Å². The first-order chi connectivity index (χ1) is 4.72. The van der Waals surface area contributed by atoms with Gasteiger partial charge in [-0.1, -0.05) is 23.2 Å². The van der Waals surface area contributed by atoms with Gasteiger partial charge in [0, 0.05) is 11.5 Å². The molecule has 0 heterocycles. The van der Waals surface area contributed by atoms with Gasteiger partial charge in [0.05, 0.1) is 5.03 Å². The number of halogens is 2. The van der Waals surface area contributed by atoms with E-state index >= 15 is 0 Å². The Morgan fingerprint density at radius 3 is 2.40 bits per heavy atom. The fourth-order valence-electron chi connectivity index (χ4n) is 0.937. The van der Waals surface area contributed by atoms with Gasteiger partial charge in [0.15, 0.2) is 5.78 Å². The lowest BCUT2D eigenvalue weighted by Crippen LogP contribution is -1.95. The molecule has 0 unspecified atom stereocenters. The van der Waals surface area contributed by atoms with Crippen LogP contribution in [0.2, 0.25) is 0 Å². The Bertz CT molecular complexity index is 184. The molecule has 1 rings (SSSR count). The summed E-state index contributed by atoms with van der Waals surface area (Å²) in [7, 11) is 0. The van der Waals surface area contributed by atoms with E-state index in [9.17, 15) is 4.79 Å². The van der Waals surface area contributed by atoms with Gasteiger partial charge in [0.2, 0.25) is 0 Å². The zero-order valence-corrected chi connectivity index (χ0v) is 7.00. The van der Waals surface area contributed by atoms with Gasteiger partial charge in [0.25, 0.3) is 0 Å². The Kier molecular flexibility index (Phi) is 2.75. The molecule has 1 nitrogen and oxygen atoms in total. The molecule has 0 atom stereocenters. The van der Waals surface area contributed by atoms with E-state index in [0.717, 1.165) is 19.3 Å². The molecule has 0 amide bonds. The lowest BCUT2D eigenvalue weighted by atomic mass is 10.2. The first-order valence-electron chi connectivity index (χ1n) is 3.29. The van der Waals surface area contributed by atoms with Crippen molar-refractivity contribution in [2.45, 2.75) is 25.7 Å². The number of rotatable bonds is 0. The maximum absolute atomic E-state index is 11.0. The molecule has 0 saturated heterocycles. The summed E-state index contributed by atoms with van der Waals surface area (Å²) in [6.45, 7) is 0. The maximum Gasteiger partial charge on any atom is 0.175 e. The summed E-state index contributed by atoms with van der Waals surface area (Å²) in [6, 6.07) is 0. The summed E-state index contributed by atoms with van der Waals surface area (Å²) < 4.78 is 0. The highest BCUT2D eigenvalue weighted by molar-refractivity contribution is 6.48. The SMILES string of the molecule is O=C1CCCCC(Cl)=C1Cl. The second kappa shape index (κ2) is 3.40. The van der Waals surface area contributed by atoms with E-state index in [1.54, 1.807) is 0 Å². The van der Waals surface area contributed by atoms with Crippen molar-refractivity contribution < 1.29 is 4.79 Å². The second-order valence-electron chi connectivity index (χ2n) is 2.35. The number of hydrogen-bond acceptors (Lipinski definition) is 1. The largest absolute Gasteiger partial charge is 0.293 e. The number of carbonyl (C=O) groups excluding carboxylic acids is 1. The highest BCUT2D eigenvalue weighted by Crippen LogP contribution is 2.26. The Labute approximate surface area is 70.0 Å². The van der Waals surface area contributed by atoms with Crippen molar-refractivity contribution >= 4 is 29.0 Å². The van der Waals surface area contributed by atoms with Crippen LogP contribution in [0.25, 0.3) is 0 Å². The van der Waals surface area contributed by atoms with Gasteiger partial charge < -0.3 is 0 Å². The molecule has 1 aliphatic rings. The predicted molar refractivity (Wildman–Crippen MR) is 42.2 cm³/mol. The van der Waals surface area contributed by atoms with E-state index in [1.807, 2.05) is 0 Å². The molecule has 0 aromatic carbocycles. The fourth-order valence-corrected chi connectivity index (χ4v) is 1.36. The second-order valence-corrected chi connectivity index (χ2v) is 3.18. The monoisotopic (exact) mass is 178 g/mol. The standard InChI is InChI=1S/C7H8Cl2O/c8-5-3-1-2-4-6(10)7(5)9/h1-4H2. The number of carbonyl (C=O) groups is 1. The maximum atomic E-state index is 11.0. The predicted octanol–water partition coefficient (Wildman–Crippen LogP) is 2.82. The van der Waals surface area contributed by atoms with Crippen molar-refractivity contribution in [3.05, 3.63) is 10.1 Å². The smallest absolute Gasteiger partial charge is 0.175 e. The van der Waals surface area contributed by atoms with Crippen molar-refractivity contribution in [1.29, 1.82) is 0 Å². The van der Waals surface area contributed by atoms with E-state index in [2.05, 4.69) is 0 Å². The van der Waals surface area contributed by atoms with Crippen LogP contribution in [0, 0.1) is 0 Å². The van der Waals surface area contributed by atoms with Crippen LogP contribution in [-0.4, -0.2) is 5.78 Å². The summed E-state index contributed by atoms with van der Waals surface area (Å²) in [4.78, 5) is 11.0. The molecular formula is C7H8Cl2O. The Morgan fingerprint density at radius 1 is 1.10 bits per heavy atom. The van der Waals surface area contributed by atoms with Crippen molar-refractivity contribution in [2.75, 3.05) is 0 Å². The topological polar surface area (TPSA) is 17.1 Å². The fraction of sp³-hybridized carbons (Fsp3) is 0.571. The molecule has 0 saturated carbocycles. The summed E-state index contributed by atoms with van der Waals surface area (Å²) in [5.41, 5.74) is 0. The minimum absolute atomic E-state index is 0.0100. The highest BCUT2D eigenvalue weighted by Gasteiger charge is 2.14. The zero-order valence-electron chi connectivity index (χ0n) is 5.49. The molecule has 56 valence electrons. The molecule has 0 aromatic heterocycles. The third-order valence-electron chi connectivity index (χ3n) is 1.53. The summed E-state index contributed by atoms with van der Waals surface area (Å²) in [5.74, 6) is -0.0100. The number of hydrogen-bond donors (Lipinski definition) is 0. The van der Waals surface area contributed by atoms with Crippen molar-refractivity contribution in [1.82, 2.24) is 0 Å². The molecule has 0 fully saturated rings. The van der Waals surface area contributed by atoms with Crippen LogP contribution in [0.3, 0.4) is 0 Å². The number of allylic oxidation sites excluding steroid dienone is 2. The van der Waals surface area contributed by atoms with Crippen molar-refractivity contribution in [3.63, 3.8) is 0 Å². The summed E-state index contributed by atoms with van der Waals surface area (Å²) >= 11 is 11.3. The van der Waals surface area contributed by atoms with Gasteiger partial charge in [-0.25, -0.2) is 0 Å². The summed E-state index contributed by atoms with van der Waals surface area (Å²) in [5, 5.41) is 0.781. The van der Waals surface area contributed by atoms with Gasteiger partial charge in [-0.05, 0) is 19.3 Å². The van der Waals surface area contributed by atoms with E-state index in [4.69, 9.17) is 23.2 Å². The van der Waals surface area contributed by atoms with Gasteiger partial charge in [0.1, 0.15) is 0 Å². The van der Waals surface area contributed by atoms with Gasteiger partial charge in [-0.15, -0.1) is 0 Å². The van der Waals surface area contributed by atoms with E-state index in [-0.39, 0.29) is 10.8 Å². The van der Waals surface area contributed by atoms with Crippen LogP contribution in [0.5, 0.6) is 0 Å². The third kappa shape index (κ3) is 1.74. The average molecular weight is 179 g/mol. The molecule has 1 aliphatic carbocycles. The van der Waals surface area contributed by atoms with Crippen LogP contribution >= 0.6 is 23.2 Å². The minimum Gasteiger partial charge on any atom is -0.293 e. The molecule has 10 heavy (non-hydrogen) atoms. The first kappa shape index (κ1) is 8.09. The number of ketones is 1. The van der Waals surface area contributed by atoms with E-state index in [0.29, 0.717) is 11.5 Å². The van der Waals surface area contributed by atoms with Crippen molar-refractivity contribution in [2.24, 2.45) is 0 Å². The normalized spacial score (nSPS) is 21.2.